The maximum Gasteiger partial charge on any atom is 0.231 e. The molecule has 5 nitrogen and oxygen atoms in total. The first-order valence-electron chi connectivity index (χ1n) is 7.04. The van der Waals surface area contributed by atoms with E-state index in [-0.39, 0.29) is 24.3 Å². The zero-order chi connectivity index (χ0) is 14.8. The van der Waals surface area contributed by atoms with Crippen molar-refractivity contribution in [2.75, 3.05) is 19.7 Å². The van der Waals surface area contributed by atoms with Crippen molar-refractivity contribution in [2.24, 2.45) is 5.92 Å². The number of nitrogens with zero attached hydrogens (tertiary/aromatic N) is 3. The van der Waals surface area contributed by atoms with Crippen LogP contribution in [-0.2, 0) is 6.54 Å². The average Bonchev–Trinajstić information content (AvgIpc) is 3.07. The molecule has 1 aromatic carbocycles. The molecule has 0 unspecified atom stereocenters. The van der Waals surface area contributed by atoms with Crippen molar-refractivity contribution in [2.45, 2.75) is 19.4 Å². The first kappa shape index (κ1) is 14.2. The van der Waals surface area contributed by atoms with Crippen LogP contribution in [0.25, 0.3) is 0 Å². The molecule has 6 heteroatoms. The van der Waals surface area contributed by atoms with Crippen LogP contribution < -0.4 is 0 Å². The van der Waals surface area contributed by atoms with Gasteiger partial charge in [-0.3, -0.25) is 4.90 Å². The second-order valence-electron chi connectivity index (χ2n) is 5.51. The van der Waals surface area contributed by atoms with Crippen LogP contribution in [0, 0.1) is 18.7 Å². The molecule has 1 aromatic heterocycles. The van der Waals surface area contributed by atoms with Crippen LogP contribution in [0.2, 0.25) is 0 Å². The number of likely N-dealkylation sites (tertiary alicyclic amines) is 1. The molecule has 0 spiro atoms. The molecule has 1 N–H and O–H groups in total. The minimum Gasteiger partial charge on any atom is -0.396 e. The molecule has 2 atom stereocenters. The van der Waals surface area contributed by atoms with Gasteiger partial charge in [-0.15, -0.1) is 0 Å². The number of rotatable bonds is 4. The van der Waals surface area contributed by atoms with E-state index in [9.17, 15) is 9.50 Å². The van der Waals surface area contributed by atoms with Gasteiger partial charge in [0.05, 0.1) is 5.92 Å². The van der Waals surface area contributed by atoms with Gasteiger partial charge in [-0.05, 0) is 13.0 Å². The summed E-state index contributed by atoms with van der Waals surface area (Å²) in [6, 6.07) is 6.77. The minimum atomic E-state index is -0.199. The van der Waals surface area contributed by atoms with Gasteiger partial charge >= 0.3 is 0 Å². The Morgan fingerprint density at radius 2 is 2.19 bits per heavy atom. The average molecular weight is 291 g/mol. The molecular formula is C15H18FN3O2. The van der Waals surface area contributed by atoms with Crippen molar-refractivity contribution in [1.82, 2.24) is 15.0 Å². The molecular weight excluding hydrogens is 273 g/mol. The third-order valence-corrected chi connectivity index (χ3v) is 3.96. The second-order valence-corrected chi connectivity index (χ2v) is 5.51. The van der Waals surface area contributed by atoms with E-state index >= 15 is 0 Å². The number of aliphatic hydroxyl groups is 1. The molecule has 1 fully saturated rings. The lowest BCUT2D eigenvalue weighted by atomic mass is 9.97. The van der Waals surface area contributed by atoms with E-state index in [1.165, 1.54) is 6.07 Å². The molecule has 1 aliphatic rings. The van der Waals surface area contributed by atoms with E-state index in [1.54, 1.807) is 19.1 Å². The molecule has 1 aliphatic heterocycles. The standard InChI is InChI=1S/C15H18FN3O2/c1-10-17-15(21-18-10)13-8-19(7-12(13)9-20)6-11-4-2-3-5-14(11)16/h2-5,12-13,20H,6-9H2,1H3/t12-,13+/m0/s1. The lowest BCUT2D eigenvalue weighted by Crippen LogP contribution is -2.21. The summed E-state index contributed by atoms with van der Waals surface area (Å²) in [5, 5.41) is 13.4. The van der Waals surface area contributed by atoms with Crippen molar-refractivity contribution in [3.05, 3.63) is 47.4 Å². The molecule has 21 heavy (non-hydrogen) atoms. The van der Waals surface area contributed by atoms with Crippen LogP contribution in [0.1, 0.15) is 23.2 Å². The Hall–Kier alpha value is -1.79. The van der Waals surface area contributed by atoms with Crippen LogP contribution in [0.3, 0.4) is 0 Å². The van der Waals surface area contributed by atoms with Gasteiger partial charge in [0.25, 0.3) is 0 Å². The topological polar surface area (TPSA) is 62.4 Å². The molecule has 2 heterocycles. The van der Waals surface area contributed by atoms with Crippen molar-refractivity contribution in [3.63, 3.8) is 0 Å². The molecule has 0 aliphatic carbocycles. The van der Waals surface area contributed by atoms with E-state index in [4.69, 9.17) is 4.52 Å². The van der Waals surface area contributed by atoms with Gasteiger partial charge < -0.3 is 9.63 Å². The third-order valence-electron chi connectivity index (χ3n) is 3.96. The van der Waals surface area contributed by atoms with E-state index in [0.29, 0.717) is 36.9 Å². The van der Waals surface area contributed by atoms with Gasteiger partial charge in [0, 0.05) is 37.7 Å². The number of benzene rings is 1. The number of aliphatic hydroxyl groups excluding tert-OH is 1. The summed E-state index contributed by atoms with van der Waals surface area (Å²) in [5.41, 5.74) is 0.663. The Bertz CT molecular complexity index is 616. The maximum atomic E-state index is 13.7. The Balaban J connectivity index is 1.74. The Kier molecular flexibility index (Phi) is 3.98. The lowest BCUT2D eigenvalue weighted by Gasteiger charge is -2.15. The SMILES string of the molecule is Cc1noc([C@@H]2CN(Cc3ccccc3F)C[C@H]2CO)n1. The summed E-state index contributed by atoms with van der Waals surface area (Å²) in [4.78, 5) is 6.37. The second kappa shape index (κ2) is 5.91. The molecule has 2 aromatic rings. The summed E-state index contributed by atoms with van der Waals surface area (Å²) in [5.74, 6) is 0.992. The first-order valence-corrected chi connectivity index (χ1v) is 7.04. The number of hydrogen-bond acceptors (Lipinski definition) is 5. The molecule has 1 saturated heterocycles. The van der Waals surface area contributed by atoms with Gasteiger partial charge in [0.2, 0.25) is 5.89 Å². The highest BCUT2D eigenvalue weighted by Crippen LogP contribution is 2.32. The van der Waals surface area contributed by atoms with E-state index in [1.807, 2.05) is 6.07 Å². The number of hydrogen-bond donors (Lipinski definition) is 1. The maximum absolute atomic E-state index is 13.7. The van der Waals surface area contributed by atoms with Crippen molar-refractivity contribution in [1.29, 1.82) is 0 Å². The quantitative estimate of drug-likeness (QED) is 0.929. The van der Waals surface area contributed by atoms with Gasteiger partial charge in [-0.25, -0.2) is 4.39 Å². The molecule has 3 rings (SSSR count). The third kappa shape index (κ3) is 2.96. The normalized spacial score (nSPS) is 22.8. The summed E-state index contributed by atoms with van der Waals surface area (Å²) < 4.78 is 19.0. The van der Waals surface area contributed by atoms with Crippen LogP contribution in [0.15, 0.2) is 28.8 Å². The fraction of sp³-hybridized carbons (Fsp3) is 0.467. The summed E-state index contributed by atoms with van der Waals surface area (Å²) in [7, 11) is 0. The largest absolute Gasteiger partial charge is 0.396 e. The Morgan fingerprint density at radius 3 is 2.86 bits per heavy atom. The zero-order valence-electron chi connectivity index (χ0n) is 11.9. The van der Waals surface area contributed by atoms with E-state index < -0.39 is 0 Å². The highest BCUT2D eigenvalue weighted by Gasteiger charge is 2.37. The van der Waals surface area contributed by atoms with Crippen LogP contribution in [0.5, 0.6) is 0 Å². The summed E-state index contributed by atoms with van der Waals surface area (Å²) in [6.07, 6.45) is 0. The predicted molar refractivity (Wildman–Crippen MR) is 74.0 cm³/mol. The van der Waals surface area contributed by atoms with Crippen molar-refractivity contribution in [3.8, 4) is 0 Å². The lowest BCUT2D eigenvalue weighted by molar-refractivity contribution is 0.204. The van der Waals surface area contributed by atoms with Crippen LogP contribution in [0.4, 0.5) is 4.39 Å². The number of aromatic nitrogens is 2. The van der Waals surface area contributed by atoms with E-state index in [2.05, 4.69) is 15.0 Å². The molecule has 0 bridgehead atoms. The van der Waals surface area contributed by atoms with Crippen molar-refractivity contribution < 1.29 is 14.0 Å². The van der Waals surface area contributed by atoms with Gasteiger partial charge in [0.1, 0.15) is 5.82 Å². The molecule has 112 valence electrons. The first-order chi connectivity index (χ1) is 10.2. The highest BCUT2D eigenvalue weighted by atomic mass is 19.1. The predicted octanol–water partition coefficient (Wildman–Crippen LogP) is 1.73. The minimum absolute atomic E-state index is 0.00275. The Morgan fingerprint density at radius 1 is 1.38 bits per heavy atom. The molecule has 0 amide bonds. The van der Waals surface area contributed by atoms with E-state index in [0.717, 1.165) is 0 Å². The fourth-order valence-electron chi connectivity index (χ4n) is 2.89. The van der Waals surface area contributed by atoms with Gasteiger partial charge in [-0.2, -0.15) is 4.98 Å². The summed E-state index contributed by atoms with van der Waals surface area (Å²) in [6.45, 7) is 3.72. The highest BCUT2D eigenvalue weighted by molar-refractivity contribution is 5.17. The number of halogens is 1. The monoisotopic (exact) mass is 291 g/mol. The van der Waals surface area contributed by atoms with Crippen molar-refractivity contribution >= 4 is 0 Å². The van der Waals surface area contributed by atoms with Gasteiger partial charge in [-0.1, -0.05) is 23.4 Å². The Labute approximate surface area is 122 Å². The van der Waals surface area contributed by atoms with Crippen LogP contribution >= 0.6 is 0 Å². The molecule has 0 radical (unpaired) electrons. The zero-order valence-corrected chi connectivity index (χ0v) is 11.9. The summed E-state index contributed by atoms with van der Waals surface area (Å²) >= 11 is 0. The van der Waals surface area contributed by atoms with Gasteiger partial charge in [0.15, 0.2) is 5.82 Å². The van der Waals surface area contributed by atoms with Crippen LogP contribution in [-0.4, -0.2) is 39.8 Å². The molecule has 0 saturated carbocycles. The fourth-order valence-corrected chi connectivity index (χ4v) is 2.89. The smallest absolute Gasteiger partial charge is 0.231 e. The number of aryl methyl sites for hydroxylation is 1.